The molecule has 1 amide bonds. The summed E-state index contributed by atoms with van der Waals surface area (Å²) in [6.45, 7) is 0.712. The minimum absolute atomic E-state index is 0.265. The molecule has 0 unspecified atom stereocenters. The Morgan fingerprint density at radius 2 is 1.75 bits per heavy atom. The number of carbonyl (C=O) groups is 1. The number of benzene rings is 2. The molecule has 1 aromatic heterocycles. The summed E-state index contributed by atoms with van der Waals surface area (Å²) < 4.78 is 10.5. The number of aromatic nitrogens is 1. The van der Waals surface area contributed by atoms with Crippen LogP contribution in [0.4, 0.5) is 11.4 Å². The minimum atomic E-state index is -0.265. The van der Waals surface area contributed by atoms with E-state index in [0.29, 0.717) is 17.9 Å². The highest BCUT2D eigenvalue weighted by atomic mass is 16.5. The van der Waals surface area contributed by atoms with Gasteiger partial charge in [-0.2, -0.15) is 0 Å². The van der Waals surface area contributed by atoms with Crippen LogP contribution in [0.2, 0.25) is 0 Å². The number of anilines is 2. The second-order valence-corrected chi connectivity index (χ2v) is 6.10. The Kier molecular flexibility index (Phi) is 6.46. The molecule has 144 valence electrons. The van der Waals surface area contributed by atoms with Gasteiger partial charge in [-0.1, -0.05) is 18.2 Å². The quantitative estimate of drug-likeness (QED) is 0.621. The highest BCUT2D eigenvalue weighted by Gasteiger charge is 2.09. The number of ether oxygens (including phenoxy) is 2. The largest absolute Gasteiger partial charge is 0.497 e. The molecule has 6 nitrogen and oxygen atoms in total. The molecule has 0 bridgehead atoms. The molecule has 0 fully saturated rings. The zero-order chi connectivity index (χ0) is 19.8. The smallest absolute Gasteiger partial charge is 0.274 e. The highest BCUT2D eigenvalue weighted by Crippen LogP contribution is 2.19. The molecule has 0 aliphatic heterocycles. The first-order valence-electron chi connectivity index (χ1n) is 8.97. The molecule has 3 aromatic rings. The molecule has 0 spiro atoms. The number of pyridine rings is 1. The second kappa shape index (κ2) is 9.41. The lowest BCUT2D eigenvalue weighted by Gasteiger charge is -2.11. The lowest BCUT2D eigenvalue weighted by atomic mass is 10.1. The number of carbonyl (C=O) groups excluding carboxylic acids is 1. The van der Waals surface area contributed by atoms with E-state index >= 15 is 0 Å². The van der Waals surface area contributed by atoms with Gasteiger partial charge in [-0.25, -0.2) is 0 Å². The Labute approximate surface area is 164 Å². The number of hydrogen-bond acceptors (Lipinski definition) is 5. The maximum atomic E-state index is 12.5. The molecule has 2 aromatic carbocycles. The van der Waals surface area contributed by atoms with E-state index in [1.54, 1.807) is 50.7 Å². The van der Waals surface area contributed by atoms with Crippen molar-refractivity contribution in [2.45, 2.75) is 6.42 Å². The summed E-state index contributed by atoms with van der Waals surface area (Å²) in [6, 6.07) is 18.7. The summed E-state index contributed by atoms with van der Waals surface area (Å²) in [5.74, 6) is 1.34. The van der Waals surface area contributed by atoms with Crippen molar-refractivity contribution >= 4 is 17.3 Å². The van der Waals surface area contributed by atoms with Gasteiger partial charge in [-0.15, -0.1) is 0 Å². The van der Waals surface area contributed by atoms with Crippen LogP contribution in [0, 0.1) is 0 Å². The van der Waals surface area contributed by atoms with E-state index in [0.717, 1.165) is 29.2 Å². The molecular formula is C22H23N3O3. The number of nitrogens with zero attached hydrogens (tertiary/aromatic N) is 1. The van der Waals surface area contributed by atoms with Crippen LogP contribution in [0.5, 0.6) is 11.5 Å². The molecular weight excluding hydrogens is 354 g/mol. The van der Waals surface area contributed by atoms with Gasteiger partial charge in [-0.3, -0.25) is 9.78 Å². The van der Waals surface area contributed by atoms with Gasteiger partial charge < -0.3 is 20.1 Å². The van der Waals surface area contributed by atoms with E-state index in [1.165, 1.54) is 0 Å². The predicted octanol–water partition coefficient (Wildman–Crippen LogP) is 4.01. The fourth-order valence-corrected chi connectivity index (χ4v) is 2.79. The molecule has 0 aliphatic rings. The van der Waals surface area contributed by atoms with Crippen molar-refractivity contribution in [3.63, 3.8) is 0 Å². The molecule has 1 heterocycles. The first-order valence-corrected chi connectivity index (χ1v) is 8.97. The second-order valence-electron chi connectivity index (χ2n) is 6.10. The standard InChI is InChI=1S/C22H23N3O3/c1-27-19-9-7-17(8-10-19)25-22(26)20-15-18(12-14-24-20)23-13-11-16-5-3-4-6-21(16)28-2/h3-10,12,14-15H,11,13H2,1-2H3,(H,23,24)(H,25,26). The number of para-hydroxylation sites is 1. The third-order valence-corrected chi connectivity index (χ3v) is 4.26. The molecule has 28 heavy (non-hydrogen) atoms. The van der Waals surface area contributed by atoms with Crippen LogP contribution >= 0.6 is 0 Å². The summed E-state index contributed by atoms with van der Waals surface area (Å²) >= 11 is 0. The first kappa shape index (κ1) is 19.2. The van der Waals surface area contributed by atoms with Crippen molar-refractivity contribution in [1.82, 2.24) is 4.98 Å². The monoisotopic (exact) mass is 377 g/mol. The maximum absolute atomic E-state index is 12.5. The van der Waals surface area contributed by atoms with Gasteiger partial charge in [0, 0.05) is 24.1 Å². The van der Waals surface area contributed by atoms with Crippen LogP contribution in [0.3, 0.4) is 0 Å². The lowest BCUT2D eigenvalue weighted by molar-refractivity contribution is 0.102. The van der Waals surface area contributed by atoms with Gasteiger partial charge in [0.05, 0.1) is 14.2 Å². The summed E-state index contributed by atoms with van der Waals surface area (Å²) in [6.07, 6.45) is 2.42. The van der Waals surface area contributed by atoms with Gasteiger partial charge in [0.2, 0.25) is 0 Å². The highest BCUT2D eigenvalue weighted by molar-refractivity contribution is 6.03. The third kappa shape index (κ3) is 5.01. The van der Waals surface area contributed by atoms with Crippen molar-refractivity contribution in [3.8, 4) is 11.5 Å². The molecule has 0 atom stereocenters. The van der Waals surface area contributed by atoms with Gasteiger partial charge in [0.25, 0.3) is 5.91 Å². The average molecular weight is 377 g/mol. The first-order chi connectivity index (χ1) is 13.7. The van der Waals surface area contributed by atoms with Crippen LogP contribution in [0.1, 0.15) is 16.1 Å². The van der Waals surface area contributed by atoms with Crippen molar-refractivity contribution in [2.75, 3.05) is 31.4 Å². The SMILES string of the molecule is COc1ccc(NC(=O)c2cc(NCCc3ccccc3OC)ccn2)cc1. The van der Waals surface area contributed by atoms with E-state index in [2.05, 4.69) is 15.6 Å². The summed E-state index contributed by atoms with van der Waals surface area (Å²) in [4.78, 5) is 16.6. The van der Waals surface area contributed by atoms with Gasteiger partial charge >= 0.3 is 0 Å². The molecule has 0 aliphatic carbocycles. The fourth-order valence-electron chi connectivity index (χ4n) is 2.79. The van der Waals surface area contributed by atoms with Crippen LogP contribution in [-0.4, -0.2) is 31.7 Å². The van der Waals surface area contributed by atoms with E-state index in [9.17, 15) is 4.79 Å². The number of rotatable bonds is 8. The fraction of sp³-hybridized carbons (Fsp3) is 0.182. The van der Waals surface area contributed by atoms with E-state index in [1.807, 2.05) is 30.3 Å². The minimum Gasteiger partial charge on any atom is -0.497 e. The normalized spacial score (nSPS) is 10.2. The Bertz CT molecular complexity index is 926. The molecule has 0 saturated carbocycles. The van der Waals surface area contributed by atoms with Crippen LogP contribution < -0.4 is 20.1 Å². The van der Waals surface area contributed by atoms with E-state index < -0.39 is 0 Å². The topological polar surface area (TPSA) is 72.5 Å². The van der Waals surface area contributed by atoms with Gasteiger partial charge in [0.1, 0.15) is 17.2 Å². The molecule has 6 heteroatoms. The Hall–Kier alpha value is -3.54. The maximum Gasteiger partial charge on any atom is 0.274 e. The zero-order valence-electron chi connectivity index (χ0n) is 15.9. The number of amides is 1. The van der Waals surface area contributed by atoms with Crippen molar-refractivity contribution < 1.29 is 14.3 Å². The summed E-state index contributed by atoms with van der Waals surface area (Å²) in [5.41, 5.74) is 2.99. The Balaban J connectivity index is 1.59. The molecule has 0 radical (unpaired) electrons. The molecule has 2 N–H and O–H groups in total. The van der Waals surface area contributed by atoms with Crippen LogP contribution in [0.25, 0.3) is 0 Å². The van der Waals surface area contributed by atoms with Gasteiger partial charge in [0.15, 0.2) is 0 Å². The van der Waals surface area contributed by atoms with Gasteiger partial charge in [-0.05, 0) is 54.4 Å². The zero-order valence-corrected chi connectivity index (χ0v) is 15.9. The van der Waals surface area contributed by atoms with Crippen molar-refractivity contribution in [3.05, 3.63) is 78.1 Å². The predicted molar refractivity (Wildman–Crippen MR) is 110 cm³/mol. The Morgan fingerprint density at radius 3 is 2.50 bits per heavy atom. The number of hydrogen-bond donors (Lipinski definition) is 2. The molecule has 3 rings (SSSR count). The lowest BCUT2D eigenvalue weighted by Crippen LogP contribution is -2.14. The third-order valence-electron chi connectivity index (χ3n) is 4.26. The van der Waals surface area contributed by atoms with Crippen LogP contribution in [-0.2, 0) is 6.42 Å². The Morgan fingerprint density at radius 1 is 0.964 bits per heavy atom. The van der Waals surface area contributed by atoms with Crippen molar-refractivity contribution in [2.24, 2.45) is 0 Å². The summed E-state index contributed by atoms with van der Waals surface area (Å²) in [5, 5.41) is 6.16. The van der Waals surface area contributed by atoms with Crippen LogP contribution in [0.15, 0.2) is 66.9 Å². The average Bonchev–Trinajstić information content (AvgIpc) is 2.75. The number of methoxy groups -OCH3 is 2. The van der Waals surface area contributed by atoms with E-state index in [-0.39, 0.29) is 5.91 Å². The number of nitrogens with one attached hydrogen (secondary N) is 2. The van der Waals surface area contributed by atoms with Crippen molar-refractivity contribution in [1.29, 1.82) is 0 Å². The van der Waals surface area contributed by atoms with E-state index in [4.69, 9.17) is 9.47 Å². The summed E-state index contributed by atoms with van der Waals surface area (Å²) in [7, 11) is 3.27. The molecule has 0 saturated heterocycles.